The van der Waals surface area contributed by atoms with Crippen LogP contribution in [-0.2, 0) is 28.5 Å². The molecule has 27 heavy (non-hydrogen) atoms. The van der Waals surface area contributed by atoms with Gasteiger partial charge >= 0.3 is 16.4 Å². The Hall–Kier alpha value is -1.37. The highest BCUT2D eigenvalue weighted by Crippen LogP contribution is 2.47. The summed E-state index contributed by atoms with van der Waals surface area (Å²) >= 11 is 1.04. The SMILES string of the molecule is CC[C@@]1(C(N)=O)CC[C@H]1N(OS(=O)(=O)OCC(C)(C)CSC(C)=O)C(N)=O. The molecule has 0 saturated heterocycles. The Morgan fingerprint density at radius 3 is 2.26 bits per heavy atom. The predicted octanol–water partition coefficient (Wildman–Crippen LogP) is 0.910. The molecule has 1 fully saturated rings. The van der Waals surface area contributed by atoms with Gasteiger partial charge in [-0.3, -0.25) is 9.59 Å². The summed E-state index contributed by atoms with van der Waals surface area (Å²) in [5, 5.41) is 0.346. The second-order valence-electron chi connectivity index (χ2n) is 7.28. The Balaban J connectivity index is 2.83. The molecule has 156 valence electrons. The highest BCUT2D eigenvalue weighted by molar-refractivity contribution is 8.13. The first-order chi connectivity index (χ1) is 12.3. The zero-order valence-electron chi connectivity index (χ0n) is 15.9. The molecule has 1 saturated carbocycles. The summed E-state index contributed by atoms with van der Waals surface area (Å²) in [6, 6.07) is -2.06. The molecule has 4 N–H and O–H groups in total. The number of hydrogen-bond donors (Lipinski definition) is 2. The number of carbonyl (C=O) groups is 3. The minimum atomic E-state index is -4.62. The number of rotatable bonds is 10. The number of nitrogens with zero attached hydrogens (tertiary/aromatic N) is 1. The standard InChI is InChI=1S/C15H27N3O7S2/c1-5-15(12(16)20)7-6-11(15)18(13(17)21)25-27(22,23)24-8-14(3,4)9-26-10(2)19/h11H,5-9H2,1-4H3,(H2,16,20)(H2,17,21)/t11-,15-/m1/s1. The zero-order chi connectivity index (χ0) is 21.0. The first kappa shape index (κ1) is 23.7. The monoisotopic (exact) mass is 425 g/mol. The van der Waals surface area contributed by atoms with Crippen LogP contribution in [0.3, 0.4) is 0 Å². The van der Waals surface area contributed by atoms with Gasteiger partial charge in [0.15, 0.2) is 5.12 Å². The molecule has 10 nitrogen and oxygen atoms in total. The van der Waals surface area contributed by atoms with Crippen LogP contribution in [0.5, 0.6) is 0 Å². The van der Waals surface area contributed by atoms with E-state index in [1.54, 1.807) is 20.8 Å². The van der Waals surface area contributed by atoms with Crippen LogP contribution in [0, 0.1) is 10.8 Å². The first-order valence-electron chi connectivity index (χ1n) is 8.37. The topological polar surface area (TPSA) is 159 Å². The Morgan fingerprint density at radius 2 is 1.89 bits per heavy atom. The van der Waals surface area contributed by atoms with E-state index in [2.05, 4.69) is 0 Å². The fourth-order valence-electron chi connectivity index (χ4n) is 2.77. The lowest BCUT2D eigenvalue weighted by Gasteiger charge is -2.49. The molecular weight excluding hydrogens is 398 g/mol. The van der Waals surface area contributed by atoms with Crippen LogP contribution in [0.4, 0.5) is 4.79 Å². The number of hydrogen-bond acceptors (Lipinski definition) is 8. The summed E-state index contributed by atoms with van der Waals surface area (Å²) in [6.45, 7) is 6.26. The van der Waals surface area contributed by atoms with Crippen LogP contribution in [-0.4, -0.2) is 48.9 Å². The maximum absolute atomic E-state index is 12.2. The Morgan fingerprint density at radius 1 is 1.30 bits per heavy atom. The molecule has 0 aromatic carbocycles. The van der Waals surface area contributed by atoms with Crippen molar-refractivity contribution in [2.45, 2.75) is 53.0 Å². The number of hydroxylamine groups is 2. The van der Waals surface area contributed by atoms with Crippen molar-refractivity contribution in [3.8, 4) is 0 Å². The van der Waals surface area contributed by atoms with Crippen molar-refractivity contribution in [1.29, 1.82) is 0 Å². The molecule has 1 rings (SSSR count). The zero-order valence-corrected chi connectivity index (χ0v) is 17.5. The number of amides is 3. The van der Waals surface area contributed by atoms with E-state index in [1.165, 1.54) is 6.92 Å². The Labute approximate surface area is 163 Å². The van der Waals surface area contributed by atoms with Crippen LogP contribution in [0.1, 0.15) is 47.0 Å². The molecule has 2 atom stereocenters. The molecule has 0 spiro atoms. The second-order valence-corrected chi connectivity index (χ2v) is 9.64. The van der Waals surface area contributed by atoms with Crippen LogP contribution in [0.25, 0.3) is 0 Å². The molecule has 1 aliphatic rings. The van der Waals surface area contributed by atoms with Gasteiger partial charge in [0.25, 0.3) is 0 Å². The highest BCUT2D eigenvalue weighted by Gasteiger charge is 2.55. The van der Waals surface area contributed by atoms with Gasteiger partial charge in [0, 0.05) is 12.7 Å². The maximum atomic E-state index is 12.2. The molecule has 0 aliphatic heterocycles. The van der Waals surface area contributed by atoms with Crippen molar-refractivity contribution in [1.82, 2.24) is 5.06 Å². The van der Waals surface area contributed by atoms with E-state index in [-0.39, 0.29) is 11.7 Å². The van der Waals surface area contributed by atoms with E-state index >= 15 is 0 Å². The van der Waals surface area contributed by atoms with E-state index < -0.39 is 39.2 Å². The molecule has 3 amide bonds. The molecule has 0 aromatic rings. The fourth-order valence-corrected chi connectivity index (χ4v) is 4.33. The van der Waals surface area contributed by atoms with Crippen LogP contribution >= 0.6 is 11.8 Å². The van der Waals surface area contributed by atoms with Crippen LogP contribution < -0.4 is 11.5 Å². The van der Waals surface area contributed by atoms with E-state index in [4.69, 9.17) is 19.9 Å². The molecule has 12 heteroatoms. The van der Waals surface area contributed by atoms with Gasteiger partial charge < -0.3 is 11.5 Å². The number of thioether (sulfide) groups is 1. The van der Waals surface area contributed by atoms with E-state index in [0.29, 0.717) is 30.1 Å². The van der Waals surface area contributed by atoms with Gasteiger partial charge in [-0.05, 0) is 24.7 Å². The number of primary amides is 2. The number of carbonyl (C=O) groups excluding carboxylic acids is 3. The third-order valence-corrected chi connectivity index (χ3v) is 6.64. The van der Waals surface area contributed by atoms with E-state index in [9.17, 15) is 22.8 Å². The lowest BCUT2D eigenvalue weighted by Crippen LogP contribution is -2.63. The van der Waals surface area contributed by atoms with Crippen molar-refractivity contribution in [2.75, 3.05) is 12.4 Å². The third-order valence-electron chi connectivity index (χ3n) is 4.56. The van der Waals surface area contributed by atoms with Gasteiger partial charge in [-0.1, -0.05) is 32.5 Å². The average Bonchev–Trinajstić information content (AvgIpc) is 2.50. The second kappa shape index (κ2) is 8.76. The lowest BCUT2D eigenvalue weighted by molar-refractivity contribution is -0.162. The van der Waals surface area contributed by atoms with Gasteiger partial charge in [-0.2, -0.15) is 13.5 Å². The number of urea groups is 1. The summed E-state index contributed by atoms with van der Waals surface area (Å²) in [7, 11) is -4.62. The molecule has 0 aromatic heterocycles. The summed E-state index contributed by atoms with van der Waals surface area (Å²) in [4.78, 5) is 34.6. The molecule has 0 radical (unpaired) electrons. The van der Waals surface area contributed by atoms with Crippen molar-refractivity contribution in [3.63, 3.8) is 0 Å². The molecule has 1 aliphatic carbocycles. The molecule has 0 unspecified atom stereocenters. The minimum absolute atomic E-state index is 0.102. The normalized spacial score (nSPS) is 22.7. The van der Waals surface area contributed by atoms with Crippen molar-refractivity contribution < 1.29 is 31.3 Å². The van der Waals surface area contributed by atoms with Crippen molar-refractivity contribution in [3.05, 3.63) is 0 Å². The average molecular weight is 426 g/mol. The summed E-state index contributed by atoms with van der Waals surface area (Å²) < 4.78 is 33.9. The summed E-state index contributed by atoms with van der Waals surface area (Å²) in [6.07, 6.45) is 1.01. The van der Waals surface area contributed by atoms with Gasteiger partial charge in [0.05, 0.1) is 18.1 Å². The van der Waals surface area contributed by atoms with Crippen molar-refractivity contribution >= 4 is 39.2 Å². The van der Waals surface area contributed by atoms with E-state index in [1.807, 2.05) is 0 Å². The van der Waals surface area contributed by atoms with Crippen molar-refractivity contribution in [2.24, 2.45) is 22.3 Å². The molecule has 0 heterocycles. The number of nitrogens with two attached hydrogens (primary N) is 2. The fraction of sp³-hybridized carbons (Fsp3) is 0.800. The minimum Gasteiger partial charge on any atom is -0.369 e. The summed E-state index contributed by atoms with van der Waals surface area (Å²) in [5.74, 6) is -0.322. The third kappa shape index (κ3) is 6.06. The first-order valence-corrected chi connectivity index (χ1v) is 10.7. The van der Waals surface area contributed by atoms with Gasteiger partial charge in [-0.25, -0.2) is 8.98 Å². The largest absolute Gasteiger partial charge is 0.421 e. The van der Waals surface area contributed by atoms with Crippen LogP contribution in [0.2, 0.25) is 0 Å². The van der Waals surface area contributed by atoms with Gasteiger partial charge in [0.2, 0.25) is 5.91 Å². The van der Waals surface area contributed by atoms with Gasteiger partial charge in [-0.15, -0.1) is 4.28 Å². The Bertz CT molecular complexity index is 692. The predicted molar refractivity (Wildman–Crippen MR) is 99.2 cm³/mol. The quantitative estimate of drug-likeness (QED) is 0.488. The highest BCUT2D eigenvalue weighted by atomic mass is 32.3. The Kier molecular flexibility index (Phi) is 7.68. The van der Waals surface area contributed by atoms with E-state index in [0.717, 1.165) is 11.8 Å². The smallest absolute Gasteiger partial charge is 0.369 e. The summed E-state index contributed by atoms with van der Waals surface area (Å²) in [5.41, 5.74) is 8.92. The van der Waals surface area contributed by atoms with Gasteiger partial charge in [0.1, 0.15) is 0 Å². The molecule has 0 bridgehead atoms. The van der Waals surface area contributed by atoms with Crippen LogP contribution in [0.15, 0.2) is 0 Å². The maximum Gasteiger partial charge on any atom is 0.421 e. The lowest BCUT2D eigenvalue weighted by atomic mass is 9.62. The molecular formula is C15H27N3O7S2.